The van der Waals surface area contributed by atoms with Crippen LogP contribution in [0.1, 0.15) is 15.9 Å². The minimum Gasteiger partial charge on any atom is -0.288 e. The number of hydrogen-bond acceptors (Lipinski definition) is 4. The third-order valence-electron chi connectivity index (χ3n) is 2.10. The van der Waals surface area contributed by atoms with Crippen LogP contribution < -0.4 is 5.32 Å². The molecule has 1 aromatic carbocycles. The Labute approximate surface area is 103 Å². The molecule has 1 N–H and O–H groups in total. The van der Waals surface area contributed by atoms with Crippen LogP contribution in [-0.4, -0.2) is 26.1 Å². The zero-order valence-electron chi connectivity index (χ0n) is 9.09. The number of rotatable bonds is 3. The summed E-state index contributed by atoms with van der Waals surface area (Å²) in [6.45, 7) is 0. The number of amides is 1. The summed E-state index contributed by atoms with van der Waals surface area (Å²) in [7, 11) is 1.62. The van der Waals surface area contributed by atoms with Crippen LogP contribution in [0.3, 0.4) is 0 Å². The van der Waals surface area contributed by atoms with Gasteiger partial charge in [0.05, 0.1) is 7.05 Å². The van der Waals surface area contributed by atoms with E-state index in [1.54, 1.807) is 31.3 Å². The highest BCUT2D eigenvalue weighted by molar-refractivity contribution is 6.17. The number of benzene rings is 1. The third-order valence-corrected chi connectivity index (χ3v) is 2.41. The van der Waals surface area contributed by atoms with Crippen molar-refractivity contribution in [2.75, 3.05) is 5.32 Å². The zero-order valence-corrected chi connectivity index (χ0v) is 9.85. The monoisotopic (exact) mass is 251 g/mol. The molecule has 1 amide bonds. The van der Waals surface area contributed by atoms with Gasteiger partial charge in [0.1, 0.15) is 0 Å². The molecule has 0 atom stereocenters. The molecule has 0 aliphatic carbocycles. The molecule has 0 spiro atoms. The van der Waals surface area contributed by atoms with Crippen LogP contribution in [0.5, 0.6) is 0 Å². The molecular formula is C10H10ClN5O. The van der Waals surface area contributed by atoms with E-state index < -0.39 is 0 Å². The van der Waals surface area contributed by atoms with Gasteiger partial charge in [0, 0.05) is 11.4 Å². The molecule has 0 fully saturated rings. The summed E-state index contributed by atoms with van der Waals surface area (Å²) < 4.78 is 0. The summed E-state index contributed by atoms with van der Waals surface area (Å²) >= 11 is 5.66. The van der Waals surface area contributed by atoms with E-state index >= 15 is 0 Å². The lowest BCUT2D eigenvalue weighted by molar-refractivity contribution is 0.102. The predicted molar refractivity (Wildman–Crippen MR) is 62.8 cm³/mol. The van der Waals surface area contributed by atoms with Gasteiger partial charge < -0.3 is 0 Å². The van der Waals surface area contributed by atoms with E-state index in [1.807, 2.05) is 0 Å². The first-order valence-corrected chi connectivity index (χ1v) is 5.43. The number of carbonyl (C=O) groups excluding carboxylic acids is 1. The molecule has 0 unspecified atom stereocenters. The lowest BCUT2D eigenvalue weighted by atomic mass is 10.1. The fourth-order valence-corrected chi connectivity index (χ4v) is 1.43. The van der Waals surface area contributed by atoms with E-state index in [-0.39, 0.29) is 11.9 Å². The van der Waals surface area contributed by atoms with Crippen molar-refractivity contribution in [1.29, 1.82) is 0 Å². The maximum Gasteiger partial charge on any atom is 0.270 e. The van der Waals surface area contributed by atoms with Gasteiger partial charge in [-0.3, -0.25) is 10.1 Å². The highest BCUT2D eigenvalue weighted by atomic mass is 35.5. The van der Waals surface area contributed by atoms with Gasteiger partial charge in [-0.15, -0.1) is 16.7 Å². The summed E-state index contributed by atoms with van der Waals surface area (Å²) in [5.41, 5.74) is 1.48. The minimum absolute atomic E-state index is 0.180. The molecule has 0 radical (unpaired) electrons. The largest absolute Gasteiger partial charge is 0.288 e. The maximum absolute atomic E-state index is 11.8. The Balaban J connectivity index is 2.09. The topological polar surface area (TPSA) is 72.7 Å². The number of nitrogens with one attached hydrogen (secondary N) is 1. The molecule has 2 rings (SSSR count). The fourth-order valence-electron chi connectivity index (χ4n) is 1.25. The van der Waals surface area contributed by atoms with Crippen LogP contribution in [-0.2, 0) is 12.9 Å². The summed E-state index contributed by atoms with van der Waals surface area (Å²) in [6, 6.07) is 6.99. The Kier molecular flexibility index (Phi) is 3.34. The normalized spacial score (nSPS) is 10.2. The molecule has 88 valence electrons. The predicted octanol–water partition coefficient (Wildman–Crippen LogP) is 1.20. The molecule has 1 aromatic heterocycles. The van der Waals surface area contributed by atoms with Crippen molar-refractivity contribution in [2.45, 2.75) is 5.88 Å². The van der Waals surface area contributed by atoms with Crippen LogP contribution >= 0.6 is 11.6 Å². The maximum atomic E-state index is 11.8. The van der Waals surface area contributed by atoms with E-state index in [9.17, 15) is 4.79 Å². The Bertz CT molecular complexity index is 522. The van der Waals surface area contributed by atoms with Crippen LogP contribution in [0.2, 0.25) is 0 Å². The molecule has 0 bridgehead atoms. The summed E-state index contributed by atoms with van der Waals surface area (Å²) in [4.78, 5) is 13.0. The molecule has 0 saturated carbocycles. The Morgan fingerprint density at radius 3 is 2.65 bits per heavy atom. The van der Waals surface area contributed by atoms with Crippen LogP contribution in [0.15, 0.2) is 24.3 Å². The van der Waals surface area contributed by atoms with Crippen molar-refractivity contribution >= 4 is 23.5 Å². The first-order valence-electron chi connectivity index (χ1n) is 4.89. The molecule has 2 aromatic rings. The summed E-state index contributed by atoms with van der Waals surface area (Å²) in [6.07, 6.45) is 0. The average molecular weight is 252 g/mol. The smallest absolute Gasteiger partial charge is 0.270 e. The molecule has 1 heterocycles. The number of halogens is 1. The SMILES string of the molecule is Cn1nnc(NC(=O)c2ccc(CCl)cc2)n1. The Morgan fingerprint density at radius 2 is 2.12 bits per heavy atom. The lowest BCUT2D eigenvalue weighted by Gasteiger charge is -2.01. The van der Waals surface area contributed by atoms with Gasteiger partial charge in [0.2, 0.25) is 0 Å². The van der Waals surface area contributed by atoms with Gasteiger partial charge in [0.15, 0.2) is 0 Å². The number of tetrazole rings is 1. The molecule has 0 aliphatic heterocycles. The number of nitrogens with zero attached hydrogens (tertiary/aromatic N) is 4. The van der Waals surface area contributed by atoms with E-state index in [1.165, 1.54) is 4.80 Å². The van der Waals surface area contributed by atoms with Crippen LogP contribution in [0, 0.1) is 0 Å². The van der Waals surface area contributed by atoms with Crippen molar-refractivity contribution in [1.82, 2.24) is 20.2 Å². The highest BCUT2D eigenvalue weighted by Gasteiger charge is 2.08. The molecule has 7 heteroatoms. The number of aromatic nitrogens is 4. The third kappa shape index (κ3) is 2.79. The van der Waals surface area contributed by atoms with Crippen molar-refractivity contribution in [3.05, 3.63) is 35.4 Å². The quantitative estimate of drug-likeness (QED) is 0.832. The van der Waals surface area contributed by atoms with Crippen molar-refractivity contribution in [2.24, 2.45) is 7.05 Å². The van der Waals surface area contributed by atoms with Gasteiger partial charge in [-0.2, -0.15) is 4.80 Å². The van der Waals surface area contributed by atoms with Crippen molar-refractivity contribution in [3.63, 3.8) is 0 Å². The molecule has 17 heavy (non-hydrogen) atoms. The van der Waals surface area contributed by atoms with Gasteiger partial charge in [0.25, 0.3) is 11.9 Å². The fraction of sp³-hybridized carbons (Fsp3) is 0.200. The van der Waals surface area contributed by atoms with Crippen molar-refractivity contribution < 1.29 is 4.79 Å². The first kappa shape index (κ1) is 11.5. The Morgan fingerprint density at radius 1 is 1.41 bits per heavy atom. The van der Waals surface area contributed by atoms with Crippen LogP contribution in [0.25, 0.3) is 0 Å². The number of hydrogen-bond donors (Lipinski definition) is 1. The molecule has 0 saturated heterocycles. The number of anilines is 1. The second kappa shape index (κ2) is 4.92. The van der Waals surface area contributed by atoms with Gasteiger partial charge >= 0.3 is 0 Å². The number of alkyl halides is 1. The lowest BCUT2D eigenvalue weighted by Crippen LogP contribution is -2.13. The van der Waals surface area contributed by atoms with E-state index in [0.717, 1.165) is 5.56 Å². The Hall–Kier alpha value is -1.95. The molecular weight excluding hydrogens is 242 g/mol. The first-order chi connectivity index (χ1) is 8.19. The summed E-state index contributed by atoms with van der Waals surface area (Å²) in [5, 5.41) is 13.7. The van der Waals surface area contributed by atoms with Gasteiger partial charge in [-0.05, 0) is 22.9 Å². The second-order valence-corrected chi connectivity index (χ2v) is 3.65. The number of carbonyl (C=O) groups is 1. The van der Waals surface area contributed by atoms with Gasteiger partial charge in [-0.25, -0.2) is 0 Å². The number of aryl methyl sites for hydroxylation is 1. The van der Waals surface area contributed by atoms with Crippen LogP contribution in [0.4, 0.5) is 5.95 Å². The standard InChI is InChI=1S/C10H10ClN5O/c1-16-14-10(13-15-16)12-9(17)8-4-2-7(6-11)3-5-8/h2-5H,6H2,1H3,(H,12,14,17). The average Bonchev–Trinajstić information content (AvgIpc) is 2.75. The van der Waals surface area contributed by atoms with Gasteiger partial charge in [-0.1, -0.05) is 17.2 Å². The summed E-state index contributed by atoms with van der Waals surface area (Å²) in [5.74, 6) is 0.325. The van der Waals surface area contributed by atoms with E-state index in [0.29, 0.717) is 11.4 Å². The van der Waals surface area contributed by atoms with E-state index in [4.69, 9.17) is 11.6 Å². The zero-order chi connectivity index (χ0) is 12.3. The van der Waals surface area contributed by atoms with Crippen molar-refractivity contribution in [3.8, 4) is 0 Å². The van der Waals surface area contributed by atoms with E-state index in [2.05, 4.69) is 20.7 Å². The second-order valence-electron chi connectivity index (χ2n) is 3.39. The highest BCUT2D eigenvalue weighted by Crippen LogP contribution is 2.08. The molecule has 6 nitrogen and oxygen atoms in total. The minimum atomic E-state index is -0.279. The molecule has 0 aliphatic rings.